The summed E-state index contributed by atoms with van der Waals surface area (Å²) >= 11 is 0. The lowest BCUT2D eigenvalue weighted by Crippen LogP contribution is -2.64. The molecule has 28 heavy (non-hydrogen) atoms. The number of carbonyl (C=O) groups excluding carboxylic acids is 1. The molecule has 2 aliphatic rings. The molecule has 0 radical (unpaired) electrons. The van der Waals surface area contributed by atoms with Gasteiger partial charge in [-0.25, -0.2) is 0 Å². The van der Waals surface area contributed by atoms with Gasteiger partial charge in [0.2, 0.25) is 5.91 Å². The summed E-state index contributed by atoms with van der Waals surface area (Å²) in [5.41, 5.74) is 0. The second-order valence-electron chi connectivity index (χ2n) is 6.86. The SMILES string of the molecule is CC(=O)N[C@@H]1[C@@H](O)[C@H](O[C@H]2[C@@H](O)[C@H](OC(CO)CO)O[C@@H]2CO)O[C@H](C)[C@H]1O. The Bertz CT molecular complexity index is 505. The predicted molar refractivity (Wildman–Crippen MR) is 89.6 cm³/mol. The zero-order chi connectivity index (χ0) is 21.0. The summed E-state index contributed by atoms with van der Waals surface area (Å²) in [7, 11) is 0. The molecule has 0 aromatic carbocycles. The maximum atomic E-state index is 11.3. The van der Waals surface area contributed by atoms with E-state index in [1.807, 2.05) is 0 Å². The number of nitrogens with one attached hydrogen (secondary N) is 1. The number of hydrogen-bond acceptors (Lipinski definition) is 11. The van der Waals surface area contributed by atoms with Crippen LogP contribution in [0.15, 0.2) is 0 Å². The Morgan fingerprint density at radius 2 is 1.68 bits per heavy atom. The normalized spacial score (nSPS) is 41.4. The average Bonchev–Trinajstić information content (AvgIpc) is 2.96. The van der Waals surface area contributed by atoms with Crippen LogP contribution in [0.1, 0.15) is 13.8 Å². The minimum absolute atomic E-state index is 0.471. The van der Waals surface area contributed by atoms with E-state index in [2.05, 4.69) is 5.32 Å². The van der Waals surface area contributed by atoms with Crippen molar-refractivity contribution in [2.75, 3.05) is 19.8 Å². The number of ether oxygens (including phenoxy) is 4. The van der Waals surface area contributed by atoms with E-state index < -0.39 is 87.1 Å². The van der Waals surface area contributed by atoms with Crippen LogP contribution in [0.25, 0.3) is 0 Å². The maximum Gasteiger partial charge on any atom is 0.217 e. The Kier molecular flexibility index (Phi) is 8.51. The van der Waals surface area contributed by atoms with E-state index in [0.29, 0.717) is 0 Å². The van der Waals surface area contributed by atoms with E-state index in [-0.39, 0.29) is 0 Å². The summed E-state index contributed by atoms with van der Waals surface area (Å²) in [6.45, 7) is 1.16. The fourth-order valence-electron chi connectivity index (χ4n) is 3.17. The van der Waals surface area contributed by atoms with Crippen molar-refractivity contribution in [3.63, 3.8) is 0 Å². The quantitative estimate of drug-likeness (QED) is 0.205. The Morgan fingerprint density at radius 1 is 1.04 bits per heavy atom. The topological polar surface area (TPSA) is 187 Å². The predicted octanol–water partition coefficient (Wildman–Crippen LogP) is -4.21. The van der Waals surface area contributed by atoms with Crippen molar-refractivity contribution in [1.82, 2.24) is 5.32 Å². The second kappa shape index (κ2) is 10.2. The minimum Gasteiger partial charge on any atom is -0.394 e. The first-order valence-electron chi connectivity index (χ1n) is 8.99. The molecule has 0 aromatic rings. The Hall–Kier alpha value is -0.930. The lowest BCUT2D eigenvalue weighted by Gasteiger charge is -2.42. The second-order valence-corrected chi connectivity index (χ2v) is 6.86. The summed E-state index contributed by atoms with van der Waals surface area (Å²) in [5.74, 6) is -0.471. The van der Waals surface area contributed by atoms with Crippen molar-refractivity contribution in [2.45, 2.75) is 75.2 Å². The molecule has 0 saturated carbocycles. The zero-order valence-corrected chi connectivity index (χ0v) is 15.6. The van der Waals surface area contributed by atoms with Gasteiger partial charge in [-0.2, -0.15) is 0 Å². The molecule has 164 valence electrons. The molecule has 0 spiro atoms. The van der Waals surface area contributed by atoms with E-state index in [1.165, 1.54) is 13.8 Å². The number of hydrogen-bond donors (Lipinski definition) is 7. The average molecular weight is 411 g/mol. The molecule has 0 bridgehead atoms. The van der Waals surface area contributed by atoms with Crippen molar-refractivity contribution in [3.8, 4) is 0 Å². The van der Waals surface area contributed by atoms with Crippen LogP contribution >= 0.6 is 0 Å². The van der Waals surface area contributed by atoms with Gasteiger partial charge in [-0.1, -0.05) is 0 Å². The molecule has 1 amide bonds. The third-order valence-electron chi connectivity index (χ3n) is 4.71. The van der Waals surface area contributed by atoms with Crippen LogP contribution in [0.3, 0.4) is 0 Å². The number of rotatable bonds is 8. The lowest BCUT2D eigenvalue weighted by atomic mass is 9.96. The van der Waals surface area contributed by atoms with E-state index in [1.54, 1.807) is 0 Å². The van der Waals surface area contributed by atoms with Crippen LogP contribution in [-0.4, -0.2) is 118 Å². The molecule has 0 aliphatic carbocycles. The molecule has 2 aliphatic heterocycles. The van der Waals surface area contributed by atoms with Gasteiger partial charge in [0.15, 0.2) is 12.6 Å². The molecule has 2 heterocycles. The highest BCUT2D eigenvalue weighted by Crippen LogP contribution is 2.30. The van der Waals surface area contributed by atoms with Crippen LogP contribution in [0.4, 0.5) is 0 Å². The van der Waals surface area contributed by atoms with Gasteiger partial charge >= 0.3 is 0 Å². The molecule has 2 fully saturated rings. The minimum atomic E-state index is -1.47. The molecule has 2 saturated heterocycles. The monoisotopic (exact) mass is 411 g/mol. The van der Waals surface area contributed by atoms with E-state index in [9.17, 15) is 25.2 Å². The smallest absolute Gasteiger partial charge is 0.217 e. The van der Waals surface area contributed by atoms with Crippen LogP contribution in [-0.2, 0) is 23.7 Å². The molecule has 12 heteroatoms. The fraction of sp³-hybridized carbons (Fsp3) is 0.938. The highest BCUT2D eigenvalue weighted by atomic mass is 16.8. The van der Waals surface area contributed by atoms with Crippen molar-refractivity contribution >= 4 is 5.91 Å². The number of aliphatic hydroxyl groups is 6. The first kappa shape index (κ1) is 23.3. The van der Waals surface area contributed by atoms with Crippen molar-refractivity contribution in [2.24, 2.45) is 0 Å². The third kappa shape index (κ3) is 5.16. The largest absolute Gasteiger partial charge is 0.394 e. The lowest BCUT2D eigenvalue weighted by molar-refractivity contribution is -0.293. The summed E-state index contributed by atoms with van der Waals surface area (Å²) in [6, 6.07) is -1.07. The van der Waals surface area contributed by atoms with E-state index >= 15 is 0 Å². The van der Waals surface area contributed by atoms with Gasteiger partial charge in [0.25, 0.3) is 0 Å². The van der Waals surface area contributed by atoms with Crippen LogP contribution < -0.4 is 5.32 Å². The van der Waals surface area contributed by atoms with Gasteiger partial charge in [0.1, 0.15) is 36.6 Å². The molecule has 12 nitrogen and oxygen atoms in total. The van der Waals surface area contributed by atoms with Gasteiger partial charge in [0.05, 0.1) is 32.0 Å². The Morgan fingerprint density at radius 3 is 2.21 bits per heavy atom. The number of aliphatic hydroxyl groups excluding tert-OH is 6. The molecule has 0 aromatic heterocycles. The maximum absolute atomic E-state index is 11.3. The standard InChI is InChI=1S/C16H29NO11/c1-6-11(22)10(17-7(2)21)12(23)15(25-6)28-14-9(5-20)27-16(13(14)24)26-8(3-18)4-19/h6,8-16,18-20,22-24H,3-5H2,1-2H3,(H,17,21)/t6-,9-,10+,11-,12-,13-,14-,15+,16-/m1/s1. The Labute approximate surface area is 161 Å². The highest BCUT2D eigenvalue weighted by molar-refractivity contribution is 5.73. The van der Waals surface area contributed by atoms with Crippen molar-refractivity contribution in [1.29, 1.82) is 0 Å². The summed E-state index contributed by atoms with van der Waals surface area (Å²) in [5, 5.41) is 61.2. The number of carbonyl (C=O) groups is 1. The molecule has 9 atom stereocenters. The fourth-order valence-corrected chi connectivity index (χ4v) is 3.17. The highest BCUT2D eigenvalue weighted by Gasteiger charge is 2.50. The van der Waals surface area contributed by atoms with Crippen LogP contribution in [0.5, 0.6) is 0 Å². The molecule has 2 rings (SSSR count). The van der Waals surface area contributed by atoms with Gasteiger partial charge in [-0.3, -0.25) is 4.79 Å². The number of amides is 1. The summed E-state index contributed by atoms with van der Waals surface area (Å²) < 4.78 is 21.7. The first-order chi connectivity index (χ1) is 13.2. The molecule has 7 N–H and O–H groups in total. The van der Waals surface area contributed by atoms with Crippen molar-refractivity contribution < 1.29 is 54.4 Å². The van der Waals surface area contributed by atoms with Gasteiger partial charge in [-0.15, -0.1) is 0 Å². The van der Waals surface area contributed by atoms with Crippen LogP contribution in [0, 0.1) is 0 Å². The first-order valence-corrected chi connectivity index (χ1v) is 8.99. The Balaban J connectivity index is 2.09. The molecular weight excluding hydrogens is 382 g/mol. The molecule has 0 unspecified atom stereocenters. The van der Waals surface area contributed by atoms with Gasteiger partial charge in [-0.05, 0) is 6.92 Å². The zero-order valence-electron chi connectivity index (χ0n) is 15.6. The summed E-state index contributed by atoms with van der Waals surface area (Å²) in [6.07, 6.45) is -10.8. The van der Waals surface area contributed by atoms with E-state index in [0.717, 1.165) is 0 Å². The van der Waals surface area contributed by atoms with Gasteiger partial charge in [0, 0.05) is 6.92 Å². The van der Waals surface area contributed by atoms with Crippen LogP contribution in [0.2, 0.25) is 0 Å². The van der Waals surface area contributed by atoms with E-state index in [4.69, 9.17) is 29.2 Å². The third-order valence-corrected chi connectivity index (χ3v) is 4.71. The van der Waals surface area contributed by atoms with Crippen molar-refractivity contribution in [3.05, 3.63) is 0 Å². The van der Waals surface area contributed by atoms with Gasteiger partial charge < -0.3 is 54.9 Å². The molecular formula is C16H29NO11. The summed E-state index contributed by atoms with van der Waals surface area (Å²) in [4.78, 5) is 11.3.